The van der Waals surface area contributed by atoms with Crippen LogP contribution >= 0.6 is 0 Å². The lowest BCUT2D eigenvalue weighted by atomic mass is 9.82. The molecule has 1 aliphatic rings. The van der Waals surface area contributed by atoms with E-state index >= 15 is 0 Å². The van der Waals surface area contributed by atoms with Crippen LogP contribution in [0.5, 0.6) is 0 Å². The standard InChI is InChI=1S/C12H12FN/c13-12-4-3-10-7-9(5-6-14)1-2-11(10)8-12/h3-4,8-9H,1-2,5,7H2. The van der Waals surface area contributed by atoms with Crippen LogP contribution in [0.15, 0.2) is 18.2 Å². The number of hydrogen-bond donors (Lipinski definition) is 0. The fourth-order valence-electron chi connectivity index (χ4n) is 2.10. The Labute approximate surface area is 83.2 Å². The van der Waals surface area contributed by atoms with Crippen LogP contribution in [-0.2, 0) is 12.8 Å². The van der Waals surface area contributed by atoms with Crippen LogP contribution in [0.3, 0.4) is 0 Å². The zero-order chi connectivity index (χ0) is 9.97. The van der Waals surface area contributed by atoms with E-state index in [4.69, 9.17) is 5.26 Å². The van der Waals surface area contributed by atoms with Gasteiger partial charge in [0.1, 0.15) is 5.82 Å². The Morgan fingerprint density at radius 1 is 1.43 bits per heavy atom. The predicted octanol–water partition coefficient (Wildman–Crippen LogP) is 2.84. The molecule has 1 nitrogen and oxygen atoms in total. The summed E-state index contributed by atoms with van der Waals surface area (Å²) in [6.07, 6.45) is 3.49. The minimum absolute atomic E-state index is 0.150. The van der Waals surface area contributed by atoms with Gasteiger partial charge >= 0.3 is 0 Å². The molecule has 0 aliphatic heterocycles. The molecule has 1 aromatic carbocycles. The number of fused-ring (bicyclic) bond motifs is 1. The van der Waals surface area contributed by atoms with Crippen molar-refractivity contribution in [2.75, 3.05) is 0 Å². The minimum atomic E-state index is -0.150. The van der Waals surface area contributed by atoms with Crippen LogP contribution in [0.2, 0.25) is 0 Å². The van der Waals surface area contributed by atoms with Crippen LogP contribution in [0.25, 0.3) is 0 Å². The first-order valence-electron chi connectivity index (χ1n) is 4.94. The molecule has 0 aromatic heterocycles. The Hall–Kier alpha value is -1.36. The van der Waals surface area contributed by atoms with E-state index in [0.29, 0.717) is 12.3 Å². The van der Waals surface area contributed by atoms with E-state index < -0.39 is 0 Å². The topological polar surface area (TPSA) is 23.8 Å². The highest BCUT2D eigenvalue weighted by molar-refractivity contribution is 5.30. The van der Waals surface area contributed by atoms with Crippen molar-refractivity contribution in [1.29, 1.82) is 5.26 Å². The van der Waals surface area contributed by atoms with Crippen molar-refractivity contribution < 1.29 is 4.39 Å². The maximum absolute atomic E-state index is 12.9. The van der Waals surface area contributed by atoms with Crippen molar-refractivity contribution in [2.24, 2.45) is 5.92 Å². The Morgan fingerprint density at radius 3 is 3.07 bits per heavy atom. The van der Waals surface area contributed by atoms with Crippen LogP contribution < -0.4 is 0 Å². The van der Waals surface area contributed by atoms with E-state index in [0.717, 1.165) is 24.8 Å². The second-order valence-corrected chi connectivity index (χ2v) is 3.88. The molecule has 0 fully saturated rings. The predicted molar refractivity (Wildman–Crippen MR) is 52.1 cm³/mol. The molecule has 2 heteroatoms. The summed E-state index contributed by atoms with van der Waals surface area (Å²) >= 11 is 0. The fraction of sp³-hybridized carbons (Fsp3) is 0.417. The number of aryl methyl sites for hydroxylation is 1. The van der Waals surface area contributed by atoms with Crippen LogP contribution in [0, 0.1) is 23.1 Å². The third kappa shape index (κ3) is 1.77. The summed E-state index contributed by atoms with van der Waals surface area (Å²) < 4.78 is 12.9. The van der Waals surface area contributed by atoms with Crippen molar-refractivity contribution in [3.05, 3.63) is 35.1 Å². The van der Waals surface area contributed by atoms with Crippen LogP contribution in [0.4, 0.5) is 4.39 Å². The molecule has 0 N–H and O–H groups in total. The minimum Gasteiger partial charge on any atom is -0.207 e. The molecule has 2 rings (SSSR count). The molecule has 0 bridgehead atoms. The van der Waals surface area contributed by atoms with Gasteiger partial charge in [-0.05, 0) is 48.4 Å². The van der Waals surface area contributed by atoms with Gasteiger partial charge in [-0.15, -0.1) is 0 Å². The van der Waals surface area contributed by atoms with Gasteiger partial charge in [-0.1, -0.05) is 6.07 Å². The van der Waals surface area contributed by atoms with Gasteiger partial charge in [-0.2, -0.15) is 5.26 Å². The van der Waals surface area contributed by atoms with Gasteiger partial charge < -0.3 is 0 Å². The van der Waals surface area contributed by atoms with Gasteiger partial charge in [0.25, 0.3) is 0 Å². The first kappa shape index (κ1) is 9.21. The first-order chi connectivity index (χ1) is 6.79. The van der Waals surface area contributed by atoms with Gasteiger partial charge in [0.05, 0.1) is 6.07 Å². The van der Waals surface area contributed by atoms with E-state index in [9.17, 15) is 4.39 Å². The molecule has 0 heterocycles. The zero-order valence-electron chi connectivity index (χ0n) is 7.96. The average Bonchev–Trinajstić information content (AvgIpc) is 2.19. The van der Waals surface area contributed by atoms with Crippen molar-refractivity contribution in [3.63, 3.8) is 0 Å². The second kappa shape index (κ2) is 3.79. The van der Waals surface area contributed by atoms with Crippen molar-refractivity contribution in [1.82, 2.24) is 0 Å². The van der Waals surface area contributed by atoms with E-state index in [1.165, 1.54) is 11.6 Å². The van der Waals surface area contributed by atoms with Crippen molar-refractivity contribution in [3.8, 4) is 6.07 Å². The smallest absolute Gasteiger partial charge is 0.123 e. The Morgan fingerprint density at radius 2 is 2.29 bits per heavy atom. The maximum atomic E-state index is 12.9. The molecule has 1 aliphatic carbocycles. The summed E-state index contributed by atoms with van der Waals surface area (Å²) in [6.45, 7) is 0. The molecule has 0 radical (unpaired) electrons. The van der Waals surface area contributed by atoms with Crippen molar-refractivity contribution >= 4 is 0 Å². The van der Waals surface area contributed by atoms with Gasteiger partial charge in [-0.25, -0.2) is 4.39 Å². The van der Waals surface area contributed by atoms with Gasteiger partial charge in [0, 0.05) is 6.42 Å². The highest BCUT2D eigenvalue weighted by Gasteiger charge is 2.18. The number of benzene rings is 1. The molecule has 14 heavy (non-hydrogen) atoms. The highest BCUT2D eigenvalue weighted by Crippen LogP contribution is 2.27. The molecular weight excluding hydrogens is 177 g/mol. The van der Waals surface area contributed by atoms with E-state index in [1.807, 2.05) is 6.07 Å². The number of hydrogen-bond acceptors (Lipinski definition) is 1. The largest absolute Gasteiger partial charge is 0.207 e. The first-order valence-corrected chi connectivity index (χ1v) is 4.94. The zero-order valence-corrected chi connectivity index (χ0v) is 7.96. The summed E-state index contributed by atoms with van der Waals surface area (Å²) in [5.74, 6) is 0.320. The van der Waals surface area contributed by atoms with Gasteiger partial charge in [0.15, 0.2) is 0 Å². The Balaban J connectivity index is 2.20. The summed E-state index contributed by atoms with van der Waals surface area (Å²) in [5.41, 5.74) is 2.34. The monoisotopic (exact) mass is 189 g/mol. The normalized spacial score (nSPS) is 19.9. The Bertz CT molecular complexity index is 378. The van der Waals surface area contributed by atoms with E-state index in [1.54, 1.807) is 6.07 Å². The number of nitrogens with zero attached hydrogens (tertiary/aromatic N) is 1. The molecule has 0 spiro atoms. The molecule has 1 aromatic rings. The summed E-state index contributed by atoms with van der Waals surface area (Å²) in [7, 11) is 0. The second-order valence-electron chi connectivity index (χ2n) is 3.88. The van der Waals surface area contributed by atoms with Gasteiger partial charge in [-0.3, -0.25) is 0 Å². The molecule has 1 atom stereocenters. The summed E-state index contributed by atoms with van der Waals surface area (Å²) in [5, 5.41) is 8.60. The molecule has 0 saturated carbocycles. The third-order valence-electron chi connectivity index (χ3n) is 2.88. The quantitative estimate of drug-likeness (QED) is 0.666. The lowest BCUT2D eigenvalue weighted by molar-refractivity contribution is 0.465. The lowest BCUT2D eigenvalue weighted by Gasteiger charge is -2.22. The fourth-order valence-corrected chi connectivity index (χ4v) is 2.10. The molecule has 72 valence electrons. The SMILES string of the molecule is N#CCC1CCc2cc(F)ccc2C1. The van der Waals surface area contributed by atoms with Crippen LogP contribution in [0.1, 0.15) is 24.0 Å². The molecule has 0 amide bonds. The van der Waals surface area contributed by atoms with Crippen molar-refractivity contribution in [2.45, 2.75) is 25.7 Å². The number of halogens is 1. The summed E-state index contributed by atoms with van der Waals surface area (Å²) in [4.78, 5) is 0. The highest BCUT2D eigenvalue weighted by atomic mass is 19.1. The molecular formula is C12H12FN. The lowest BCUT2D eigenvalue weighted by Crippen LogP contribution is -2.13. The van der Waals surface area contributed by atoms with E-state index in [2.05, 4.69) is 6.07 Å². The van der Waals surface area contributed by atoms with Gasteiger partial charge in [0.2, 0.25) is 0 Å². The average molecular weight is 189 g/mol. The van der Waals surface area contributed by atoms with E-state index in [-0.39, 0.29) is 5.82 Å². The maximum Gasteiger partial charge on any atom is 0.123 e. The summed E-state index contributed by atoms with van der Waals surface area (Å²) in [6, 6.07) is 7.19. The molecule has 1 unspecified atom stereocenters. The Kier molecular flexibility index (Phi) is 2.49. The number of rotatable bonds is 1. The number of nitriles is 1. The third-order valence-corrected chi connectivity index (χ3v) is 2.88. The van der Waals surface area contributed by atoms with Crippen LogP contribution in [-0.4, -0.2) is 0 Å². The molecule has 0 saturated heterocycles.